The van der Waals surface area contributed by atoms with E-state index in [1.54, 1.807) is 6.07 Å². The fourth-order valence-electron chi connectivity index (χ4n) is 3.72. The molecular weight excluding hydrogens is 386 g/mol. The molecule has 29 heavy (non-hydrogen) atoms. The van der Waals surface area contributed by atoms with E-state index in [4.69, 9.17) is 16.3 Å². The second-order valence-corrected chi connectivity index (χ2v) is 7.95. The van der Waals surface area contributed by atoms with E-state index in [-0.39, 0.29) is 12.5 Å². The van der Waals surface area contributed by atoms with E-state index in [9.17, 15) is 4.79 Å². The molecule has 1 unspecified atom stereocenters. The van der Waals surface area contributed by atoms with Gasteiger partial charge in [0.15, 0.2) is 6.61 Å². The van der Waals surface area contributed by atoms with Crippen molar-refractivity contribution in [2.24, 2.45) is 0 Å². The van der Waals surface area contributed by atoms with Crippen molar-refractivity contribution in [3.05, 3.63) is 58.6 Å². The summed E-state index contributed by atoms with van der Waals surface area (Å²) >= 11 is 6.18. The number of hydrogen-bond donors (Lipinski definition) is 2. The molecule has 1 aliphatic rings. The molecule has 0 radical (unpaired) electrons. The average Bonchev–Trinajstić information content (AvgIpc) is 3.16. The SMILES string of the molecule is CCN1CCCC1CNCc1cc(Cl)ccc1OCC(=O)Nc1ccc(C)cc1. The summed E-state index contributed by atoms with van der Waals surface area (Å²) in [5.41, 5.74) is 2.87. The van der Waals surface area contributed by atoms with E-state index in [0.717, 1.165) is 29.9 Å². The van der Waals surface area contributed by atoms with Crippen molar-refractivity contribution in [3.63, 3.8) is 0 Å². The second kappa shape index (κ2) is 10.6. The number of carbonyl (C=O) groups excluding carboxylic acids is 1. The first-order valence-corrected chi connectivity index (χ1v) is 10.7. The quantitative estimate of drug-likeness (QED) is 0.643. The van der Waals surface area contributed by atoms with Crippen molar-refractivity contribution < 1.29 is 9.53 Å². The fourth-order valence-corrected chi connectivity index (χ4v) is 3.92. The topological polar surface area (TPSA) is 53.6 Å². The van der Waals surface area contributed by atoms with Gasteiger partial charge in [0.1, 0.15) is 5.75 Å². The number of ether oxygens (including phenoxy) is 1. The standard InChI is InChI=1S/C23H30ClN3O2/c1-3-27-12-4-5-21(27)15-25-14-18-13-19(24)8-11-22(18)29-16-23(28)26-20-9-6-17(2)7-10-20/h6-11,13,21,25H,3-5,12,14-16H2,1-2H3,(H,26,28). The molecular formula is C23H30ClN3O2. The Bertz CT molecular complexity index is 810. The van der Waals surface area contributed by atoms with Gasteiger partial charge in [0.05, 0.1) is 0 Å². The van der Waals surface area contributed by atoms with E-state index in [0.29, 0.717) is 23.4 Å². The van der Waals surface area contributed by atoms with Gasteiger partial charge >= 0.3 is 0 Å². The van der Waals surface area contributed by atoms with Gasteiger partial charge in [-0.3, -0.25) is 9.69 Å². The Morgan fingerprint density at radius 1 is 1.24 bits per heavy atom. The highest BCUT2D eigenvalue weighted by Crippen LogP contribution is 2.23. The van der Waals surface area contributed by atoms with Gasteiger partial charge in [-0.25, -0.2) is 0 Å². The molecule has 3 rings (SSSR count). The second-order valence-electron chi connectivity index (χ2n) is 7.51. The van der Waals surface area contributed by atoms with Crippen LogP contribution >= 0.6 is 11.6 Å². The minimum absolute atomic E-state index is 0.0469. The Labute approximate surface area is 178 Å². The molecule has 2 N–H and O–H groups in total. The first-order valence-electron chi connectivity index (χ1n) is 10.3. The van der Waals surface area contributed by atoms with Crippen molar-refractivity contribution in [2.45, 2.75) is 39.3 Å². The largest absolute Gasteiger partial charge is 0.483 e. The lowest BCUT2D eigenvalue weighted by molar-refractivity contribution is -0.118. The third kappa shape index (κ3) is 6.46. The Morgan fingerprint density at radius 3 is 2.79 bits per heavy atom. The highest BCUT2D eigenvalue weighted by molar-refractivity contribution is 6.30. The minimum Gasteiger partial charge on any atom is -0.483 e. The normalized spacial score (nSPS) is 16.7. The third-order valence-corrected chi connectivity index (χ3v) is 5.55. The summed E-state index contributed by atoms with van der Waals surface area (Å²) in [4.78, 5) is 14.7. The van der Waals surface area contributed by atoms with E-state index in [1.807, 2.05) is 43.3 Å². The van der Waals surface area contributed by atoms with Gasteiger partial charge in [0, 0.05) is 35.4 Å². The number of likely N-dealkylation sites (tertiary alicyclic amines) is 1. The lowest BCUT2D eigenvalue weighted by Crippen LogP contribution is -2.37. The van der Waals surface area contributed by atoms with Crippen LogP contribution in [-0.2, 0) is 11.3 Å². The van der Waals surface area contributed by atoms with Crippen LogP contribution in [-0.4, -0.2) is 43.1 Å². The molecule has 0 bridgehead atoms. The minimum atomic E-state index is -0.188. The average molecular weight is 416 g/mol. The molecule has 1 heterocycles. The molecule has 0 spiro atoms. The van der Waals surface area contributed by atoms with Crippen molar-refractivity contribution in [1.82, 2.24) is 10.2 Å². The first-order chi connectivity index (χ1) is 14.0. The summed E-state index contributed by atoms with van der Waals surface area (Å²) in [5, 5.41) is 7.04. The van der Waals surface area contributed by atoms with E-state index >= 15 is 0 Å². The lowest BCUT2D eigenvalue weighted by Gasteiger charge is -2.23. The molecule has 6 heteroatoms. The Kier molecular flexibility index (Phi) is 7.92. The van der Waals surface area contributed by atoms with Gasteiger partial charge in [-0.1, -0.05) is 36.2 Å². The van der Waals surface area contributed by atoms with Crippen LogP contribution in [0.25, 0.3) is 0 Å². The van der Waals surface area contributed by atoms with Crippen LogP contribution in [0.2, 0.25) is 5.02 Å². The number of nitrogens with zero attached hydrogens (tertiary/aromatic N) is 1. The van der Waals surface area contributed by atoms with Gasteiger partial charge in [-0.2, -0.15) is 0 Å². The molecule has 1 fully saturated rings. The first kappa shape index (κ1) is 21.6. The van der Waals surface area contributed by atoms with E-state index < -0.39 is 0 Å². The summed E-state index contributed by atoms with van der Waals surface area (Å²) in [5.74, 6) is 0.493. The molecule has 156 valence electrons. The Morgan fingerprint density at radius 2 is 2.03 bits per heavy atom. The van der Waals surface area contributed by atoms with Gasteiger partial charge in [-0.15, -0.1) is 0 Å². The number of likely N-dealkylation sites (N-methyl/N-ethyl adjacent to an activating group) is 1. The zero-order valence-electron chi connectivity index (χ0n) is 17.2. The van der Waals surface area contributed by atoms with E-state index in [2.05, 4.69) is 22.5 Å². The predicted molar refractivity (Wildman–Crippen MR) is 119 cm³/mol. The van der Waals surface area contributed by atoms with Gasteiger partial charge in [-0.05, 0) is 63.2 Å². The zero-order chi connectivity index (χ0) is 20.6. The van der Waals surface area contributed by atoms with Gasteiger partial charge in [0.25, 0.3) is 5.91 Å². The molecule has 1 amide bonds. The van der Waals surface area contributed by atoms with Crippen LogP contribution < -0.4 is 15.4 Å². The number of halogens is 1. The molecule has 0 aromatic heterocycles. The lowest BCUT2D eigenvalue weighted by atomic mass is 10.1. The smallest absolute Gasteiger partial charge is 0.262 e. The summed E-state index contributed by atoms with van der Waals surface area (Å²) in [6, 6.07) is 13.8. The van der Waals surface area contributed by atoms with Gasteiger partial charge in [0.2, 0.25) is 0 Å². The summed E-state index contributed by atoms with van der Waals surface area (Å²) in [6.07, 6.45) is 2.50. The summed E-state index contributed by atoms with van der Waals surface area (Å²) in [6.45, 7) is 8.05. The monoisotopic (exact) mass is 415 g/mol. The molecule has 1 saturated heterocycles. The molecule has 1 aliphatic heterocycles. The number of amides is 1. The van der Waals surface area contributed by atoms with Crippen LogP contribution in [0.1, 0.15) is 30.9 Å². The molecule has 2 aromatic carbocycles. The summed E-state index contributed by atoms with van der Waals surface area (Å²) in [7, 11) is 0. The Balaban J connectivity index is 1.52. The number of aryl methyl sites for hydroxylation is 1. The van der Waals surface area contributed by atoms with Crippen molar-refractivity contribution in [2.75, 3.05) is 31.6 Å². The zero-order valence-corrected chi connectivity index (χ0v) is 18.0. The van der Waals surface area contributed by atoms with E-state index in [1.165, 1.54) is 19.4 Å². The Hall–Kier alpha value is -2.08. The molecule has 5 nitrogen and oxygen atoms in total. The van der Waals surface area contributed by atoms with Crippen molar-refractivity contribution >= 4 is 23.2 Å². The van der Waals surface area contributed by atoms with Crippen molar-refractivity contribution in [3.8, 4) is 5.75 Å². The predicted octanol–water partition coefficient (Wildman–Crippen LogP) is 4.24. The van der Waals surface area contributed by atoms with Crippen LogP contribution in [0.5, 0.6) is 5.75 Å². The molecule has 0 saturated carbocycles. The number of carbonyl (C=O) groups is 1. The maximum atomic E-state index is 12.2. The van der Waals surface area contributed by atoms with Crippen LogP contribution in [0.3, 0.4) is 0 Å². The van der Waals surface area contributed by atoms with Crippen LogP contribution in [0, 0.1) is 6.92 Å². The highest BCUT2D eigenvalue weighted by atomic mass is 35.5. The fraction of sp³-hybridized carbons (Fsp3) is 0.435. The number of benzene rings is 2. The number of nitrogens with one attached hydrogen (secondary N) is 2. The summed E-state index contributed by atoms with van der Waals surface area (Å²) < 4.78 is 5.79. The third-order valence-electron chi connectivity index (χ3n) is 5.32. The van der Waals surface area contributed by atoms with Crippen molar-refractivity contribution in [1.29, 1.82) is 0 Å². The van der Waals surface area contributed by atoms with Gasteiger partial charge < -0.3 is 15.4 Å². The van der Waals surface area contributed by atoms with Crippen LogP contribution in [0.4, 0.5) is 5.69 Å². The molecule has 0 aliphatic carbocycles. The maximum Gasteiger partial charge on any atom is 0.262 e. The number of rotatable bonds is 9. The number of hydrogen-bond acceptors (Lipinski definition) is 4. The molecule has 2 aromatic rings. The molecule has 1 atom stereocenters. The number of anilines is 1. The maximum absolute atomic E-state index is 12.2. The highest BCUT2D eigenvalue weighted by Gasteiger charge is 2.22. The van der Waals surface area contributed by atoms with Crippen LogP contribution in [0.15, 0.2) is 42.5 Å².